The fourth-order valence-corrected chi connectivity index (χ4v) is 7.72. The van der Waals surface area contributed by atoms with Gasteiger partial charge in [0.05, 0.1) is 33.9 Å². The molecule has 0 amide bonds. The topological polar surface area (TPSA) is 78.6 Å². The van der Waals surface area contributed by atoms with Crippen molar-refractivity contribution in [3.05, 3.63) is 162 Å². The third kappa shape index (κ3) is 8.09. The summed E-state index contributed by atoms with van der Waals surface area (Å²) < 4.78 is 7.19. The third-order valence-electron chi connectivity index (χ3n) is 11.2. The number of hydrogen-bond acceptors (Lipinski definition) is 4. The van der Waals surface area contributed by atoms with Crippen molar-refractivity contribution in [3.8, 4) is 11.4 Å². The highest BCUT2D eigenvalue weighted by Gasteiger charge is 2.21. The SMILES string of the molecule is Cc1c(C=Nc2c(C(C)C)cc(Cc3cc(C(C)C)c(N=Cc4c(C)n(C)n(-c5ccccc5)c4=O)c(C(C)C)c3)cc2C(C)C)c(=O)n(-c2ccccc2)n1C. The molecule has 4 aromatic carbocycles. The zero-order valence-corrected chi connectivity index (χ0v) is 35.8. The van der Waals surface area contributed by atoms with Gasteiger partial charge in [-0.25, -0.2) is 9.36 Å². The quantitative estimate of drug-likeness (QED) is 0.116. The average molecular weight is 763 g/mol. The summed E-state index contributed by atoms with van der Waals surface area (Å²) in [6, 6.07) is 28.6. The van der Waals surface area contributed by atoms with Crippen LogP contribution in [0.3, 0.4) is 0 Å². The summed E-state index contributed by atoms with van der Waals surface area (Å²) in [6.45, 7) is 21.6. The fraction of sp³-hybridized carbons (Fsp3) is 0.347. The highest BCUT2D eigenvalue weighted by Crippen LogP contribution is 2.39. The van der Waals surface area contributed by atoms with Crippen LogP contribution in [0.25, 0.3) is 11.4 Å². The molecule has 0 radical (unpaired) electrons. The van der Waals surface area contributed by atoms with E-state index in [1.54, 1.807) is 21.8 Å². The molecule has 0 saturated carbocycles. The van der Waals surface area contributed by atoms with Crippen LogP contribution < -0.4 is 11.1 Å². The number of aromatic nitrogens is 4. The maximum atomic E-state index is 13.7. The van der Waals surface area contributed by atoms with Gasteiger partial charge < -0.3 is 0 Å². The van der Waals surface area contributed by atoms with E-state index in [-0.39, 0.29) is 34.8 Å². The van der Waals surface area contributed by atoms with E-state index in [1.807, 2.05) is 98.0 Å². The van der Waals surface area contributed by atoms with Crippen LogP contribution in [-0.4, -0.2) is 31.2 Å². The van der Waals surface area contributed by atoms with E-state index in [2.05, 4.69) is 79.7 Å². The second-order valence-electron chi connectivity index (χ2n) is 16.5. The normalized spacial score (nSPS) is 12.2. The van der Waals surface area contributed by atoms with Crippen LogP contribution in [0.15, 0.2) is 105 Å². The molecule has 6 aromatic rings. The van der Waals surface area contributed by atoms with Crippen LogP contribution in [0.4, 0.5) is 11.4 Å². The minimum absolute atomic E-state index is 0.0864. The molecule has 0 unspecified atom stereocenters. The van der Waals surface area contributed by atoms with Gasteiger partial charge in [0.25, 0.3) is 11.1 Å². The molecule has 0 bridgehead atoms. The molecule has 8 heteroatoms. The van der Waals surface area contributed by atoms with Gasteiger partial charge in [0.1, 0.15) is 0 Å². The molecule has 57 heavy (non-hydrogen) atoms. The zero-order valence-electron chi connectivity index (χ0n) is 35.8. The molecule has 0 spiro atoms. The first-order chi connectivity index (χ1) is 27.1. The molecule has 296 valence electrons. The maximum absolute atomic E-state index is 13.7. The van der Waals surface area contributed by atoms with E-state index in [0.29, 0.717) is 11.1 Å². The molecule has 0 fully saturated rings. The monoisotopic (exact) mass is 762 g/mol. The number of nitrogens with zero attached hydrogens (tertiary/aromatic N) is 6. The van der Waals surface area contributed by atoms with E-state index in [9.17, 15) is 9.59 Å². The van der Waals surface area contributed by atoms with Crippen molar-refractivity contribution < 1.29 is 0 Å². The molecule has 0 aliphatic heterocycles. The lowest BCUT2D eigenvalue weighted by atomic mass is 9.86. The zero-order chi connectivity index (χ0) is 41.3. The van der Waals surface area contributed by atoms with Crippen molar-refractivity contribution in [2.24, 2.45) is 24.1 Å². The largest absolute Gasteiger partial charge is 0.285 e. The summed E-state index contributed by atoms with van der Waals surface area (Å²) in [5.41, 5.74) is 13.4. The molecule has 0 atom stereocenters. The van der Waals surface area contributed by atoms with Gasteiger partial charge in [-0.1, -0.05) is 116 Å². The highest BCUT2D eigenvalue weighted by molar-refractivity contribution is 5.85. The molecule has 0 N–H and O–H groups in total. The Bertz CT molecular complexity index is 2340. The maximum Gasteiger partial charge on any atom is 0.280 e. The van der Waals surface area contributed by atoms with Crippen molar-refractivity contribution in [2.45, 2.75) is 99.3 Å². The molecule has 0 aliphatic carbocycles. The van der Waals surface area contributed by atoms with Crippen molar-refractivity contribution in [2.75, 3.05) is 0 Å². The lowest BCUT2D eigenvalue weighted by molar-refractivity contribution is 0.630. The molecule has 0 saturated heterocycles. The van der Waals surface area contributed by atoms with Crippen molar-refractivity contribution >= 4 is 23.8 Å². The van der Waals surface area contributed by atoms with Crippen LogP contribution in [-0.2, 0) is 20.5 Å². The lowest BCUT2D eigenvalue weighted by Gasteiger charge is -2.21. The Morgan fingerprint density at radius 1 is 0.509 bits per heavy atom. The Morgan fingerprint density at radius 3 is 1.09 bits per heavy atom. The van der Waals surface area contributed by atoms with Crippen LogP contribution in [0.2, 0.25) is 0 Å². The predicted molar refractivity (Wildman–Crippen MR) is 238 cm³/mol. The molecule has 6 rings (SSSR count). The first-order valence-electron chi connectivity index (χ1n) is 20.2. The Kier molecular flexibility index (Phi) is 12.0. The molecule has 8 nitrogen and oxygen atoms in total. The first kappa shape index (κ1) is 40.9. The van der Waals surface area contributed by atoms with Gasteiger partial charge in [-0.05, 0) is 102 Å². The van der Waals surface area contributed by atoms with E-state index in [4.69, 9.17) is 9.98 Å². The highest BCUT2D eigenvalue weighted by atomic mass is 16.1. The summed E-state index contributed by atoms with van der Waals surface area (Å²) in [7, 11) is 3.83. The van der Waals surface area contributed by atoms with Gasteiger partial charge in [-0.15, -0.1) is 0 Å². The standard InChI is InChI=1S/C49H58N6O2/c1-30(2)40-24-36(25-41(31(3)4)46(40)50-28-44-34(9)52(11)54(48(44)56)38-19-15-13-16-20-38)23-37-26-42(32(5)6)47(43(27-37)33(7)8)51-29-45-35(10)53(12)55(49(45)57)39-21-17-14-18-22-39/h13-22,24-33H,23H2,1-12H3. The number of rotatable bonds is 12. The van der Waals surface area contributed by atoms with Crippen molar-refractivity contribution in [3.63, 3.8) is 0 Å². The van der Waals surface area contributed by atoms with Crippen molar-refractivity contribution in [1.29, 1.82) is 0 Å². The van der Waals surface area contributed by atoms with Crippen molar-refractivity contribution in [1.82, 2.24) is 18.7 Å². The summed E-state index contributed by atoms with van der Waals surface area (Å²) in [4.78, 5) is 37.7. The van der Waals surface area contributed by atoms with E-state index in [0.717, 1.165) is 62.8 Å². The van der Waals surface area contributed by atoms with E-state index >= 15 is 0 Å². The Hall–Kier alpha value is -5.76. The third-order valence-corrected chi connectivity index (χ3v) is 11.2. The Balaban J connectivity index is 1.40. The van der Waals surface area contributed by atoms with Gasteiger partial charge in [0.15, 0.2) is 0 Å². The molecular formula is C49H58N6O2. The molecule has 2 aromatic heterocycles. The van der Waals surface area contributed by atoms with Crippen LogP contribution in [0, 0.1) is 13.8 Å². The smallest absolute Gasteiger partial charge is 0.280 e. The number of para-hydroxylation sites is 2. The number of aliphatic imine (C=N–C) groups is 2. The average Bonchev–Trinajstić information content (AvgIpc) is 3.53. The lowest BCUT2D eigenvalue weighted by Crippen LogP contribution is -2.20. The van der Waals surface area contributed by atoms with Gasteiger partial charge in [-0.3, -0.25) is 28.9 Å². The predicted octanol–water partition coefficient (Wildman–Crippen LogP) is 10.9. The van der Waals surface area contributed by atoms with Crippen LogP contribution in [0.1, 0.15) is 135 Å². The first-order valence-corrected chi connectivity index (χ1v) is 20.2. The second-order valence-corrected chi connectivity index (χ2v) is 16.5. The number of benzene rings is 4. The van der Waals surface area contributed by atoms with E-state index < -0.39 is 0 Å². The van der Waals surface area contributed by atoms with Crippen LogP contribution >= 0.6 is 0 Å². The minimum Gasteiger partial charge on any atom is -0.285 e. The van der Waals surface area contributed by atoms with Gasteiger partial charge >= 0.3 is 0 Å². The van der Waals surface area contributed by atoms with Gasteiger partial charge in [-0.2, -0.15) is 0 Å². The Morgan fingerprint density at radius 2 is 0.807 bits per heavy atom. The number of hydrogen-bond donors (Lipinski definition) is 0. The molecule has 2 heterocycles. The second kappa shape index (κ2) is 16.8. The summed E-state index contributed by atoms with van der Waals surface area (Å²) in [5.74, 6) is 0.869. The molecule has 0 aliphatic rings. The summed E-state index contributed by atoms with van der Waals surface area (Å²) >= 11 is 0. The fourth-order valence-electron chi connectivity index (χ4n) is 7.72. The summed E-state index contributed by atoms with van der Waals surface area (Å²) in [5, 5.41) is 0. The minimum atomic E-state index is -0.0864. The van der Waals surface area contributed by atoms with E-state index in [1.165, 1.54) is 11.1 Å². The summed E-state index contributed by atoms with van der Waals surface area (Å²) in [6.07, 6.45) is 4.29. The van der Waals surface area contributed by atoms with Gasteiger partial charge in [0, 0.05) is 37.9 Å². The Labute approximate surface area is 337 Å². The van der Waals surface area contributed by atoms with Crippen LogP contribution in [0.5, 0.6) is 0 Å². The molecular weight excluding hydrogens is 705 g/mol. The van der Waals surface area contributed by atoms with Gasteiger partial charge in [0.2, 0.25) is 0 Å².